The number of phenols is 1. The van der Waals surface area contributed by atoms with Gasteiger partial charge in [0.15, 0.2) is 0 Å². The predicted octanol–water partition coefficient (Wildman–Crippen LogP) is 9.14. The number of hydrogen-bond donors (Lipinski definition) is 1. The van der Waals surface area contributed by atoms with Gasteiger partial charge in [0.05, 0.1) is 11.4 Å². The molecule has 0 amide bonds. The van der Waals surface area contributed by atoms with Crippen molar-refractivity contribution in [3.63, 3.8) is 0 Å². The highest BCUT2D eigenvalue weighted by molar-refractivity contribution is 5.79. The van der Waals surface area contributed by atoms with Gasteiger partial charge in [-0.1, -0.05) is 91.9 Å². The predicted molar refractivity (Wildman–Crippen MR) is 163 cm³/mol. The molecule has 0 aliphatic rings. The lowest BCUT2D eigenvalue weighted by atomic mass is 9.89. The first-order valence-corrected chi connectivity index (χ1v) is 13.4. The third-order valence-corrected chi connectivity index (χ3v) is 7.14. The number of pyridine rings is 2. The molecule has 1 unspecified atom stereocenters. The summed E-state index contributed by atoms with van der Waals surface area (Å²) in [4.78, 5) is 12.0. The molecule has 0 saturated heterocycles. The molecule has 1 N–H and O–H groups in total. The zero-order chi connectivity index (χ0) is 27.3. The van der Waals surface area contributed by atoms with Crippen molar-refractivity contribution in [2.75, 3.05) is 4.90 Å². The van der Waals surface area contributed by atoms with Gasteiger partial charge >= 0.3 is 0 Å². The van der Waals surface area contributed by atoms with Crippen LogP contribution in [-0.4, -0.2) is 15.1 Å². The van der Waals surface area contributed by atoms with Crippen molar-refractivity contribution in [2.24, 2.45) is 0 Å². The Labute approximate surface area is 234 Å². The molecule has 0 radical (unpaired) electrons. The van der Waals surface area contributed by atoms with E-state index >= 15 is 0 Å². The van der Waals surface area contributed by atoms with E-state index in [-0.39, 0.29) is 11.7 Å². The molecule has 4 aromatic carbocycles. The minimum atomic E-state index is 0.0985. The van der Waals surface area contributed by atoms with Crippen LogP contribution in [0.25, 0.3) is 22.5 Å². The molecule has 2 aromatic heterocycles. The van der Waals surface area contributed by atoms with E-state index in [4.69, 9.17) is 4.98 Å². The van der Waals surface area contributed by atoms with Crippen LogP contribution in [0.15, 0.2) is 146 Å². The van der Waals surface area contributed by atoms with Crippen LogP contribution in [0.2, 0.25) is 0 Å². The van der Waals surface area contributed by atoms with Crippen LogP contribution in [0.4, 0.5) is 17.2 Å². The highest BCUT2D eigenvalue weighted by Gasteiger charge is 2.19. The van der Waals surface area contributed by atoms with Gasteiger partial charge in [-0.3, -0.25) is 4.90 Å². The minimum Gasteiger partial charge on any atom is -0.507 e. The third-order valence-electron chi connectivity index (χ3n) is 7.14. The molecule has 0 fully saturated rings. The molecule has 4 nitrogen and oxygen atoms in total. The molecule has 4 heteroatoms. The van der Waals surface area contributed by atoms with Gasteiger partial charge < -0.3 is 5.11 Å². The number of aromatic nitrogens is 2. The largest absolute Gasteiger partial charge is 0.507 e. The van der Waals surface area contributed by atoms with E-state index in [0.717, 1.165) is 45.3 Å². The molecule has 6 aromatic rings. The van der Waals surface area contributed by atoms with Crippen molar-refractivity contribution in [3.05, 3.63) is 157 Å². The lowest BCUT2D eigenvalue weighted by Gasteiger charge is -2.24. The molecule has 1 atom stereocenters. The van der Waals surface area contributed by atoms with Crippen molar-refractivity contribution >= 4 is 17.2 Å². The molecular formula is C36H29N3O. The van der Waals surface area contributed by atoms with Gasteiger partial charge in [-0.2, -0.15) is 0 Å². The summed E-state index contributed by atoms with van der Waals surface area (Å²) in [6.45, 7) is 2.18. The topological polar surface area (TPSA) is 49.2 Å². The zero-order valence-electron chi connectivity index (χ0n) is 22.2. The SMILES string of the molecule is CC(c1ccccc1)c1ccc(-c2cccc(N(c3ccccc3)c3ccccn3)c2)nc1-c1ccccc1O. The monoisotopic (exact) mass is 519 g/mol. The smallest absolute Gasteiger partial charge is 0.137 e. The lowest BCUT2D eigenvalue weighted by molar-refractivity contribution is 0.477. The summed E-state index contributed by atoms with van der Waals surface area (Å²) in [5.41, 5.74) is 7.57. The number of para-hydroxylation sites is 2. The van der Waals surface area contributed by atoms with Crippen molar-refractivity contribution in [2.45, 2.75) is 12.8 Å². The fourth-order valence-corrected chi connectivity index (χ4v) is 5.07. The molecular weight excluding hydrogens is 490 g/mol. The van der Waals surface area contributed by atoms with Crippen molar-refractivity contribution in [3.8, 4) is 28.3 Å². The molecule has 0 spiro atoms. The Morgan fingerprint density at radius 3 is 2.10 bits per heavy atom. The van der Waals surface area contributed by atoms with Crippen molar-refractivity contribution in [1.29, 1.82) is 0 Å². The van der Waals surface area contributed by atoms with E-state index in [9.17, 15) is 5.11 Å². The maximum Gasteiger partial charge on any atom is 0.137 e. The Bertz CT molecular complexity index is 1680. The molecule has 6 rings (SSSR count). The first kappa shape index (κ1) is 25.1. The Morgan fingerprint density at radius 2 is 1.35 bits per heavy atom. The van der Waals surface area contributed by atoms with Gasteiger partial charge in [0, 0.05) is 34.6 Å². The van der Waals surface area contributed by atoms with E-state index in [0.29, 0.717) is 0 Å². The number of hydrogen-bond acceptors (Lipinski definition) is 4. The number of rotatable bonds is 7. The van der Waals surface area contributed by atoms with E-state index in [1.54, 1.807) is 6.07 Å². The molecule has 0 bridgehead atoms. The van der Waals surface area contributed by atoms with E-state index < -0.39 is 0 Å². The maximum absolute atomic E-state index is 10.8. The number of anilines is 3. The van der Waals surface area contributed by atoms with Gasteiger partial charge in [-0.25, -0.2) is 9.97 Å². The van der Waals surface area contributed by atoms with Crippen LogP contribution in [-0.2, 0) is 0 Å². The summed E-state index contributed by atoms with van der Waals surface area (Å²) < 4.78 is 0. The standard InChI is InChI=1S/C36H29N3O/c1-26(27-13-4-2-5-14-27)31-22-23-33(38-36(31)32-19-8-9-20-34(32)40)28-15-12-18-30(25-28)39(29-16-6-3-7-17-29)35-21-10-11-24-37-35/h2-26,40H,1H3. The summed E-state index contributed by atoms with van der Waals surface area (Å²) in [5.74, 6) is 1.15. The number of aromatic hydroxyl groups is 1. The molecule has 40 heavy (non-hydrogen) atoms. The molecule has 194 valence electrons. The second kappa shape index (κ2) is 11.3. The average Bonchev–Trinajstić information content (AvgIpc) is 3.02. The highest BCUT2D eigenvalue weighted by Crippen LogP contribution is 2.39. The minimum absolute atomic E-state index is 0.0985. The number of benzene rings is 4. The van der Waals surface area contributed by atoms with Gasteiger partial charge in [-0.05, 0) is 65.7 Å². The Balaban J connectivity index is 1.47. The van der Waals surface area contributed by atoms with E-state index in [1.165, 1.54) is 5.56 Å². The Morgan fingerprint density at radius 1 is 0.650 bits per heavy atom. The molecule has 0 saturated carbocycles. The zero-order valence-corrected chi connectivity index (χ0v) is 22.2. The van der Waals surface area contributed by atoms with E-state index in [2.05, 4.69) is 83.5 Å². The van der Waals surface area contributed by atoms with Crippen LogP contribution in [0.5, 0.6) is 5.75 Å². The summed E-state index contributed by atoms with van der Waals surface area (Å²) in [6, 6.07) is 46.5. The number of nitrogens with zero attached hydrogens (tertiary/aromatic N) is 3. The Hall–Kier alpha value is -5.22. The third kappa shape index (κ3) is 5.07. The first-order valence-electron chi connectivity index (χ1n) is 13.4. The summed E-state index contributed by atoms with van der Waals surface area (Å²) in [5, 5.41) is 10.8. The Kier molecular flexibility index (Phi) is 7.06. The fraction of sp³-hybridized carbons (Fsp3) is 0.0556. The van der Waals surface area contributed by atoms with Gasteiger partial charge in [0.1, 0.15) is 11.6 Å². The summed E-state index contributed by atoms with van der Waals surface area (Å²) in [7, 11) is 0. The van der Waals surface area contributed by atoms with Crippen molar-refractivity contribution in [1.82, 2.24) is 9.97 Å². The van der Waals surface area contributed by atoms with Crippen molar-refractivity contribution < 1.29 is 5.11 Å². The first-order chi connectivity index (χ1) is 19.7. The van der Waals surface area contributed by atoms with Gasteiger partial charge in [0.2, 0.25) is 0 Å². The van der Waals surface area contributed by atoms with Crippen LogP contribution in [0.1, 0.15) is 24.0 Å². The summed E-state index contributed by atoms with van der Waals surface area (Å²) in [6.07, 6.45) is 1.81. The van der Waals surface area contributed by atoms with Crippen LogP contribution >= 0.6 is 0 Å². The van der Waals surface area contributed by atoms with Crippen LogP contribution < -0.4 is 4.90 Å². The molecule has 2 heterocycles. The second-order valence-corrected chi connectivity index (χ2v) is 9.69. The lowest BCUT2D eigenvalue weighted by Crippen LogP contribution is -2.11. The van der Waals surface area contributed by atoms with Gasteiger partial charge in [0.25, 0.3) is 0 Å². The average molecular weight is 520 g/mol. The normalized spacial score (nSPS) is 11.6. The molecule has 0 aliphatic carbocycles. The molecule has 0 aliphatic heterocycles. The van der Waals surface area contributed by atoms with Gasteiger partial charge in [-0.15, -0.1) is 0 Å². The van der Waals surface area contributed by atoms with Crippen LogP contribution in [0.3, 0.4) is 0 Å². The summed E-state index contributed by atoms with van der Waals surface area (Å²) >= 11 is 0. The number of phenolic OH excluding ortho intramolecular Hbond substituents is 1. The quantitative estimate of drug-likeness (QED) is 0.228. The van der Waals surface area contributed by atoms with Crippen LogP contribution in [0, 0.1) is 0 Å². The highest BCUT2D eigenvalue weighted by atomic mass is 16.3. The second-order valence-electron chi connectivity index (χ2n) is 9.69. The maximum atomic E-state index is 10.8. The fourth-order valence-electron chi connectivity index (χ4n) is 5.07. The van der Waals surface area contributed by atoms with E-state index in [1.807, 2.05) is 72.9 Å².